The highest BCUT2D eigenvalue weighted by Gasteiger charge is 2.21. The molecule has 1 fully saturated rings. The van der Waals surface area contributed by atoms with E-state index in [-0.39, 0.29) is 6.17 Å². The Morgan fingerprint density at radius 1 is 1.41 bits per heavy atom. The maximum absolute atomic E-state index is 6.27. The number of nitrogens with zero attached hydrogens (tertiary/aromatic N) is 1. The molecule has 0 saturated carbocycles. The van der Waals surface area contributed by atoms with Crippen molar-refractivity contribution < 1.29 is 4.74 Å². The van der Waals surface area contributed by atoms with Gasteiger partial charge in [0.2, 0.25) is 0 Å². The predicted molar refractivity (Wildman–Crippen MR) is 69.4 cm³/mol. The van der Waals surface area contributed by atoms with Gasteiger partial charge in [0.15, 0.2) is 0 Å². The Hall–Kier alpha value is -0.810. The van der Waals surface area contributed by atoms with Gasteiger partial charge in [-0.1, -0.05) is 11.6 Å². The molecule has 0 aromatic heterocycles. The Bertz CT molecular complexity index is 380. The highest BCUT2D eigenvalue weighted by atomic mass is 35.5. The zero-order valence-electron chi connectivity index (χ0n) is 9.95. The molecule has 1 unspecified atom stereocenters. The zero-order valence-corrected chi connectivity index (χ0v) is 10.7. The Kier molecular flexibility index (Phi) is 4.23. The van der Waals surface area contributed by atoms with Gasteiger partial charge in [-0.15, -0.1) is 0 Å². The highest BCUT2D eigenvalue weighted by molar-refractivity contribution is 6.30. The minimum atomic E-state index is -0.161. The molecule has 94 valence electrons. The lowest BCUT2D eigenvalue weighted by atomic mass is 10.1. The van der Waals surface area contributed by atoms with Gasteiger partial charge in [-0.05, 0) is 18.2 Å². The van der Waals surface area contributed by atoms with Crippen LogP contribution < -0.4 is 15.8 Å². The molecule has 1 aliphatic heterocycles. The van der Waals surface area contributed by atoms with Crippen LogP contribution in [0.25, 0.3) is 0 Å². The van der Waals surface area contributed by atoms with Gasteiger partial charge in [-0.2, -0.15) is 0 Å². The minimum Gasteiger partial charge on any atom is -0.496 e. The van der Waals surface area contributed by atoms with Crippen LogP contribution in [0, 0.1) is 0 Å². The largest absolute Gasteiger partial charge is 0.496 e. The van der Waals surface area contributed by atoms with Crippen LogP contribution in [0.5, 0.6) is 5.75 Å². The van der Waals surface area contributed by atoms with Crippen molar-refractivity contribution in [1.82, 2.24) is 10.2 Å². The second-order valence-corrected chi connectivity index (χ2v) is 4.55. The number of nitrogens with one attached hydrogen (secondary N) is 1. The number of halogens is 1. The summed E-state index contributed by atoms with van der Waals surface area (Å²) in [6, 6.07) is 5.56. The van der Waals surface area contributed by atoms with Crippen molar-refractivity contribution in [3.05, 3.63) is 28.8 Å². The summed E-state index contributed by atoms with van der Waals surface area (Å²) in [5.74, 6) is 0.792. The van der Waals surface area contributed by atoms with E-state index < -0.39 is 0 Å². The summed E-state index contributed by atoms with van der Waals surface area (Å²) >= 11 is 6.01. The third kappa shape index (κ3) is 2.90. The summed E-state index contributed by atoms with van der Waals surface area (Å²) < 4.78 is 5.33. The van der Waals surface area contributed by atoms with Gasteiger partial charge >= 0.3 is 0 Å². The molecular formula is C12H18ClN3O. The van der Waals surface area contributed by atoms with Crippen LogP contribution in [0.4, 0.5) is 0 Å². The fraction of sp³-hybridized carbons (Fsp3) is 0.500. The molecule has 5 heteroatoms. The lowest BCUT2D eigenvalue weighted by Crippen LogP contribution is -2.47. The topological polar surface area (TPSA) is 50.5 Å². The van der Waals surface area contributed by atoms with Crippen molar-refractivity contribution in [2.24, 2.45) is 5.73 Å². The molecule has 1 heterocycles. The molecule has 0 spiro atoms. The molecule has 2 rings (SSSR count). The summed E-state index contributed by atoms with van der Waals surface area (Å²) in [7, 11) is 1.65. The third-order valence-electron chi connectivity index (χ3n) is 3.06. The van der Waals surface area contributed by atoms with Crippen LogP contribution in [0.15, 0.2) is 18.2 Å². The first-order chi connectivity index (χ1) is 8.22. The molecule has 1 aromatic rings. The van der Waals surface area contributed by atoms with E-state index in [4.69, 9.17) is 22.1 Å². The van der Waals surface area contributed by atoms with Gasteiger partial charge < -0.3 is 15.8 Å². The maximum Gasteiger partial charge on any atom is 0.125 e. The van der Waals surface area contributed by atoms with E-state index in [1.807, 2.05) is 18.2 Å². The number of hydrogen-bond acceptors (Lipinski definition) is 4. The molecule has 17 heavy (non-hydrogen) atoms. The normalized spacial score (nSPS) is 19.0. The molecule has 0 aliphatic carbocycles. The Morgan fingerprint density at radius 3 is 2.76 bits per heavy atom. The molecule has 1 saturated heterocycles. The number of benzene rings is 1. The number of methoxy groups -OCH3 is 1. The van der Waals surface area contributed by atoms with Crippen molar-refractivity contribution in [2.45, 2.75) is 6.17 Å². The maximum atomic E-state index is 6.27. The Morgan fingerprint density at radius 2 is 2.12 bits per heavy atom. The summed E-state index contributed by atoms with van der Waals surface area (Å²) in [6.45, 7) is 3.82. The van der Waals surface area contributed by atoms with Crippen LogP contribution in [0.2, 0.25) is 5.02 Å². The molecule has 1 aromatic carbocycles. The van der Waals surface area contributed by atoms with Crippen LogP contribution in [-0.2, 0) is 0 Å². The fourth-order valence-electron chi connectivity index (χ4n) is 2.09. The van der Waals surface area contributed by atoms with Gasteiger partial charge in [0.05, 0.1) is 13.3 Å². The number of rotatable bonds is 3. The van der Waals surface area contributed by atoms with Crippen LogP contribution in [0.3, 0.4) is 0 Å². The number of piperazine rings is 1. The first-order valence-electron chi connectivity index (χ1n) is 5.76. The lowest BCUT2D eigenvalue weighted by Gasteiger charge is -2.33. The second kappa shape index (κ2) is 5.69. The molecule has 0 bridgehead atoms. The quantitative estimate of drug-likeness (QED) is 0.853. The number of ether oxygens (including phenoxy) is 1. The Balaban J connectivity index is 2.21. The molecule has 0 amide bonds. The van der Waals surface area contributed by atoms with E-state index in [2.05, 4.69) is 10.2 Å². The van der Waals surface area contributed by atoms with Gasteiger partial charge in [-0.3, -0.25) is 4.90 Å². The third-order valence-corrected chi connectivity index (χ3v) is 3.29. The second-order valence-electron chi connectivity index (χ2n) is 4.12. The van der Waals surface area contributed by atoms with Crippen molar-refractivity contribution >= 4 is 11.6 Å². The van der Waals surface area contributed by atoms with E-state index in [1.54, 1.807) is 7.11 Å². The van der Waals surface area contributed by atoms with Gasteiger partial charge in [0.25, 0.3) is 0 Å². The summed E-state index contributed by atoms with van der Waals surface area (Å²) in [6.07, 6.45) is -0.161. The molecule has 4 nitrogen and oxygen atoms in total. The average molecular weight is 256 g/mol. The van der Waals surface area contributed by atoms with Crippen LogP contribution in [0.1, 0.15) is 11.7 Å². The number of hydrogen-bond donors (Lipinski definition) is 2. The Labute approximate surface area is 107 Å². The standard InChI is InChI=1S/C12H18ClN3O/c1-17-11-3-2-9(13)8-10(11)12(14)16-6-4-15-5-7-16/h2-3,8,12,15H,4-7,14H2,1H3. The molecule has 3 N–H and O–H groups in total. The van der Waals surface area contributed by atoms with Crippen molar-refractivity contribution in [3.63, 3.8) is 0 Å². The molecular weight excluding hydrogens is 238 g/mol. The van der Waals surface area contributed by atoms with Gasteiger partial charge in [-0.25, -0.2) is 0 Å². The lowest BCUT2D eigenvalue weighted by molar-refractivity contribution is 0.174. The van der Waals surface area contributed by atoms with E-state index in [0.29, 0.717) is 5.02 Å². The summed E-state index contributed by atoms with van der Waals surface area (Å²) in [4.78, 5) is 2.23. The smallest absolute Gasteiger partial charge is 0.125 e. The first-order valence-corrected chi connectivity index (χ1v) is 6.14. The van der Waals surface area contributed by atoms with Crippen molar-refractivity contribution in [1.29, 1.82) is 0 Å². The molecule has 1 aliphatic rings. The first kappa shape index (κ1) is 12.6. The van der Waals surface area contributed by atoms with Gasteiger partial charge in [0.1, 0.15) is 5.75 Å². The monoisotopic (exact) mass is 255 g/mol. The summed E-state index contributed by atoms with van der Waals surface area (Å²) in [5, 5.41) is 3.99. The van der Waals surface area contributed by atoms with E-state index in [1.165, 1.54) is 0 Å². The van der Waals surface area contributed by atoms with Crippen molar-refractivity contribution in [2.75, 3.05) is 33.3 Å². The minimum absolute atomic E-state index is 0.161. The summed E-state index contributed by atoms with van der Waals surface area (Å²) in [5.41, 5.74) is 7.22. The zero-order chi connectivity index (χ0) is 12.3. The fourth-order valence-corrected chi connectivity index (χ4v) is 2.27. The van der Waals surface area contributed by atoms with Gasteiger partial charge in [0, 0.05) is 36.8 Å². The van der Waals surface area contributed by atoms with E-state index >= 15 is 0 Å². The van der Waals surface area contributed by atoms with E-state index in [9.17, 15) is 0 Å². The number of nitrogens with two attached hydrogens (primary N) is 1. The predicted octanol–water partition coefficient (Wildman–Crippen LogP) is 1.21. The molecule has 1 atom stereocenters. The van der Waals surface area contributed by atoms with Crippen LogP contribution in [-0.4, -0.2) is 38.2 Å². The average Bonchev–Trinajstić information content (AvgIpc) is 2.39. The highest BCUT2D eigenvalue weighted by Crippen LogP contribution is 2.29. The van der Waals surface area contributed by atoms with Crippen molar-refractivity contribution in [3.8, 4) is 5.75 Å². The SMILES string of the molecule is COc1ccc(Cl)cc1C(N)N1CCNCC1. The molecule has 0 radical (unpaired) electrons. The van der Waals surface area contributed by atoms with Crippen LogP contribution >= 0.6 is 11.6 Å². The van der Waals surface area contributed by atoms with E-state index in [0.717, 1.165) is 37.5 Å².